The number of carboxylic acid groups (broad SMARTS) is 1. The van der Waals surface area contributed by atoms with E-state index in [1.807, 2.05) is 0 Å². The van der Waals surface area contributed by atoms with Crippen molar-refractivity contribution in [2.24, 2.45) is 0 Å². The van der Waals surface area contributed by atoms with Gasteiger partial charge in [0.15, 0.2) is 0 Å². The van der Waals surface area contributed by atoms with Crippen LogP contribution >= 0.6 is 0 Å². The molecule has 132 valence electrons. The number of carbonyl (C=O) groups is 3. The van der Waals surface area contributed by atoms with E-state index in [0.717, 1.165) is 0 Å². The zero-order chi connectivity index (χ0) is 18.3. The van der Waals surface area contributed by atoms with Crippen molar-refractivity contribution >= 4 is 23.8 Å². The number of hydrogen-bond donors (Lipinski definition) is 3. The third-order valence-electron chi connectivity index (χ3n) is 2.83. The molecule has 0 aromatic heterocycles. The first kappa shape index (κ1) is 19.3. The number of ether oxygens (including phenoxy) is 1. The summed E-state index contributed by atoms with van der Waals surface area (Å²) in [6.07, 6.45) is -0.464. The molecule has 8 nitrogen and oxygen atoms in total. The van der Waals surface area contributed by atoms with E-state index in [4.69, 9.17) is 9.84 Å². The topological polar surface area (TPSA) is 108 Å². The van der Waals surface area contributed by atoms with Gasteiger partial charge in [0.2, 0.25) is 0 Å². The van der Waals surface area contributed by atoms with E-state index < -0.39 is 23.7 Å². The summed E-state index contributed by atoms with van der Waals surface area (Å²) in [5, 5.41) is 14.0. The Morgan fingerprint density at radius 2 is 1.75 bits per heavy atom. The van der Waals surface area contributed by atoms with Crippen molar-refractivity contribution in [3.8, 4) is 0 Å². The van der Waals surface area contributed by atoms with Crippen molar-refractivity contribution in [2.75, 3.05) is 25.5 Å². The Hall–Kier alpha value is -2.77. The van der Waals surface area contributed by atoms with Crippen molar-refractivity contribution in [1.29, 1.82) is 0 Å². The fraction of sp³-hybridized carbons (Fsp3) is 0.438. The molecule has 0 unspecified atom stereocenters. The molecule has 1 aromatic rings. The zero-order valence-electron chi connectivity index (χ0n) is 14.3. The quantitative estimate of drug-likeness (QED) is 0.764. The number of hydrogen-bond acceptors (Lipinski definition) is 4. The van der Waals surface area contributed by atoms with Gasteiger partial charge in [0.1, 0.15) is 5.60 Å². The van der Waals surface area contributed by atoms with Crippen molar-refractivity contribution in [3.63, 3.8) is 0 Å². The van der Waals surface area contributed by atoms with E-state index in [2.05, 4.69) is 10.6 Å². The Morgan fingerprint density at radius 1 is 1.17 bits per heavy atom. The van der Waals surface area contributed by atoms with Crippen LogP contribution in [0.2, 0.25) is 0 Å². The van der Waals surface area contributed by atoms with Crippen molar-refractivity contribution in [2.45, 2.75) is 26.4 Å². The van der Waals surface area contributed by atoms with Crippen LogP contribution in [-0.4, -0.2) is 53.8 Å². The maximum Gasteiger partial charge on any atom is 0.410 e. The highest BCUT2D eigenvalue weighted by molar-refractivity contribution is 5.91. The number of nitrogens with one attached hydrogen (secondary N) is 2. The Balaban J connectivity index is 2.36. The molecule has 0 radical (unpaired) electrons. The van der Waals surface area contributed by atoms with E-state index in [9.17, 15) is 14.4 Å². The van der Waals surface area contributed by atoms with E-state index in [1.165, 1.54) is 29.2 Å². The number of likely N-dealkylation sites (N-methyl/N-ethyl adjacent to an activating group) is 1. The maximum absolute atomic E-state index is 11.7. The lowest BCUT2D eigenvalue weighted by Gasteiger charge is -2.24. The molecule has 3 amide bonds. The van der Waals surface area contributed by atoms with Gasteiger partial charge < -0.3 is 25.4 Å². The molecular weight excluding hydrogens is 314 g/mol. The number of urea groups is 1. The van der Waals surface area contributed by atoms with Crippen LogP contribution in [0.5, 0.6) is 0 Å². The van der Waals surface area contributed by atoms with Gasteiger partial charge in [-0.25, -0.2) is 14.4 Å². The second-order valence-electron chi connectivity index (χ2n) is 6.17. The SMILES string of the molecule is CN(CCNC(=O)Nc1ccc(C(=O)O)cc1)C(=O)OC(C)(C)C. The Labute approximate surface area is 140 Å². The second kappa shape index (κ2) is 8.19. The van der Waals surface area contributed by atoms with Crippen LogP contribution < -0.4 is 10.6 Å². The van der Waals surface area contributed by atoms with Gasteiger partial charge in [-0.2, -0.15) is 0 Å². The summed E-state index contributed by atoms with van der Waals surface area (Å²) in [5.41, 5.74) is 0.0380. The minimum Gasteiger partial charge on any atom is -0.478 e. The van der Waals surface area contributed by atoms with Crippen molar-refractivity contribution < 1.29 is 24.2 Å². The zero-order valence-corrected chi connectivity index (χ0v) is 14.3. The molecule has 1 aromatic carbocycles. The summed E-state index contributed by atoms with van der Waals surface area (Å²) in [5.74, 6) is -1.03. The molecule has 1 rings (SSSR count). The lowest BCUT2D eigenvalue weighted by atomic mass is 10.2. The largest absolute Gasteiger partial charge is 0.478 e. The van der Waals surface area contributed by atoms with Gasteiger partial charge in [0, 0.05) is 25.8 Å². The van der Waals surface area contributed by atoms with E-state index in [-0.39, 0.29) is 12.1 Å². The summed E-state index contributed by atoms with van der Waals surface area (Å²) in [4.78, 5) is 35.6. The molecule has 24 heavy (non-hydrogen) atoms. The molecule has 0 aliphatic rings. The number of nitrogens with zero attached hydrogens (tertiary/aromatic N) is 1. The summed E-state index contributed by atoms with van der Waals surface area (Å²) in [6, 6.07) is 5.34. The van der Waals surface area contributed by atoms with Crippen LogP contribution in [0.25, 0.3) is 0 Å². The first-order chi connectivity index (χ1) is 11.1. The Morgan fingerprint density at radius 3 is 2.25 bits per heavy atom. The minimum atomic E-state index is -1.03. The average molecular weight is 337 g/mol. The lowest BCUT2D eigenvalue weighted by Crippen LogP contribution is -2.40. The number of carbonyl (C=O) groups excluding carboxylic acids is 2. The molecule has 0 bridgehead atoms. The molecule has 0 spiro atoms. The fourth-order valence-electron chi connectivity index (χ4n) is 1.64. The Kier molecular flexibility index (Phi) is 6.58. The van der Waals surface area contributed by atoms with Crippen LogP contribution in [0.4, 0.5) is 15.3 Å². The van der Waals surface area contributed by atoms with Crippen molar-refractivity contribution in [3.05, 3.63) is 29.8 Å². The van der Waals surface area contributed by atoms with Gasteiger partial charge in [-0.05, 0) is 45.0 Å². The molecule has 0 heterocycles. The van der Waals surface area contributed by atoms with Gasteiger partial charge in [-0.15, -0.1) is 0 Å². The number of benzene rings is 1. The normalized spacial score (nSPS) is 10.7. The number of rotatable bonds is 5. The summed E-state index contributed by atoms with van der Waals surface area (Å²) in [7, 11) is 1.58. The number of anilines is 1. The molecule has 0 atom stereocenters. The highest BCUT2D eigenvalue weighted by Crippen LogP contribution is 2.10. The highest BCUT2D eigenvalue weighted by atomic mass is 16.6. The summed E-state index contributed by atoms with van der Waals surface area (Å²) >= 11 is 0. The molecule has 0 aliphatic carbocycles. The molecule has 0 fully saturated rings. The van der Waals surface area contributed by atoms with Gasteiger partial charge in [-0.3, -0.25) is 0 Å². The maximum atomic E-state index is 11.7. The third-order valence-corrected chi connectivity index (χ3v) is 2.83. The number of amides is 3. The van der Waals surface area contributed by atoms with E-state index in [0.29, 0.717) is 12.2 Å². The van der Waals surface area contributed by atoms with E-state index in [1.54, 1.807) is 27.8 Å². The molecule has 3 N–H and O–H groups in total. The minimum absolute atomic E-state index is 0.139. The monoisotopic (exact) mass is 337 g/mol. The predicted octanol–water partition coefficient (Wildman–Crippen LogP) is 2.37. The third kappa shape index (κ3) is 6.99. The van der Waals surface area contributed by atoms with Crippen molar-refractivity contribution in [1.82, 2.24) is 10.2 Å². The van der Waals surface area contributed by atoms with Crippen LogP contribution in [-0.2, 0) is 4.74 Å². The summed E-state index contributed by atoms with van der Waals surface area (Å²) in [6.45, 7) is 5.87. The molecule has 0 saturated carbocycles. The molecule has 0 aliphatic heterocycles. The molecular formula is C16H23N3O5. The highest BCUT2D eigenvalue weighted by Gasteiger charge is 2.19. The summed E-state index contributed by atoms with van der Waals surface area (Å²) < 4.78 is 5.19. The van der Waals surface area contributed by atoms with Gasteiger partial charge in [0.05, 0.1) is 5.56 Å². The average Bonchev–Trinajstić information content (AvgIpc) is 2.45. The first-order valence-corrected chi connectivity index (χ1v) is 7.41. The molecule has 8 heteroatoms. The van der Waals surface area contributed by atoms with Gasteiger partial charge in [-0.1, -0.05) is 0 Å². The van der Waals surface area contributed by atoms with Crippen LogP contribution in [0.3, 0.4) is 0 Å². The predicted molar refractivity (Wildman–Crippen MR) is 89.3 cm³/mol. The lowest BCUT2D eigenvalue weighted by molar-refractivity contribution is 0.0301. The smallest absolute Gasteiger partial charge is 0.410 e. The van der Waals surface area contributed by atoms with Crippen LogP contribution in [0.15, 0.2) is 24.3 Å². The second-order valence-corrected chi connectivity index (χ2v) is 6.17. The van der Waals surface area contributed by atoms with E-state index >= 15 is 0 Å². The Bertz CT molecular complexity index is 593. The van der Waals surface area contributed by atoms with Gasteiger partial charge in [0.25, 0.3) is 0 Å². The standard InChI is InChI=1S/C16H23N3O5/c1-16(2,3)24-15(23)19(4)10-9-17-14(22)18-12-7-5-11(6-8-12)13(20)21/h5-8H,9-10H2,1-4H3,(H,20,21)(H2,17,18,22). The molecule has 0 saturated heterocycles. The van der Waals surface area contributed by atoms with Crippen LogP contribution in [0, 0.1) is 0 Å². The number of carboxylic acids is 1. The number of aromatic carboxylic acids is 1. The first-order valence-electron chi connectivity index (χ1n) is 7.41. The fourth-order valence-corrected chi connectivity index (χ4v) is 1.64. The van der Waals surface area contributed by atoms with Gasteiger partial charge >= 0.3 is 18.1 Å². The van der Waals surface area contributed by atoms with Crippen LogP contribution in [0.1, 0.15) is 31.1 Å².